The van der Waals surface area contributed by atoms with E-state index in [-0.39, 0.29) is 17.2 Å². The Balaban J connectivity index is 1.71. The molecule has 0 radical (unpaired) electrons. The number of carbonyl (C=O) groups is 1. The summed E-state index contributed by atoms with van der Waals surface area (Å²) in [6.45, 7) is 2.04. The predicted molar refractivity (Wildman–Crippen MR) is 122 cm³/mol. The number of rotatable bonds is 5. The van der Waals surface area contributed by atoms with Gasteiger partial charge in [-0.3, -0.25) is 18.7 Å². The van der Waals surface area contributed by atoms with E-state index in [1.54, 1.807) is 7.05 Å². The van der Waals surface area contributed by atoms with Crippen molar-refractivity contribution in [2.75, 3.05) is 18.8 Å². The van der Waals surface area contributed by atoms with Crippen LogP contribution >= 0.6 is 11.8 Å². The standard InChI is InChI=1S/C22H27N5O3S/c1-24-19-18(20(29)25(2)22(24)30)27(14-16-10-6-5-7-11-16)21(23-19)31-15-17(28)26-12-8-3-4-9-13-26/h5-7,10-11H,3-4,8-9,12-15H2,1-2H3. The fourth-order valence-electron chi connectivity index (χ4n) is 3.99. The number of benzene rings is 1. The van der Waals surface area contributed by atoms with Crippen LogP contribution in [0.3, 0.4) is 0 Å². The molecule has 9 heteroatoms. The van der Waals surface area contributed by atoms with E-state index in [9.17, 15) is 14.4 Å². The molecule has 3 heterocycles. The smallest absolute Gasteiger partial charge is 0.332 e. The lowest BCUT2D eigenvalue weighted by Gasteiger charge is -2.20. The van der Waals surface area contributed by atoms with Gasteiger partial charge >= 0.3 is 5.69 Å². The summed E-state index contributed by atoms with van der Waals surface area (Å²) >= 11 is 1.33. The minimum Gasteiger partial charge on any atom is -0.342 e. The van der Waals surface area contributed by atoms with Gasteiger partial charge in [-0.15, -0.1) is 0 Å². The Labute approximate surface area is 184 Å². The third-order valence-electron chi connectivity index (χ3n) is 5.78. The average Bonchev–Trinajstić information content (AvgIpc) is 2.94. The van der Waals surface area contributed by atoms with Crippen LogP contribution in [0.5, 0.6) is 0 Å². The number of hydrogen-bond acceptors (Lipinski definition) is 5. The van der Waals surface area contributed by atoms with Gasteiger partial charge in [0.25, 0.3) is 5.56 Å². The van der Waals surface area contributed by atoms with Gasteiger partial charge in [-0.2, -0.15) is 0 Å². The van der Waals surface area contributed by atoms with Crippen molar-refractivity contribution < 1.29 is 4.79 Å². The van der Waals surface area contributed by atoms with Crippen molar-refractivity contribution in [1.82, 2.24) is 23.6 Å². The zero-order valence-electron chi connectivity index (χ0n) is 17.9. The molecule has 1 amide bonds. The van der Waals surface area contributed by atoms with Gasteiger partial charge in [0.05, 0.1) is 12.3 Å². The molecule has 1 aromatic carbocycles. The summed E-state index contributed by atoms with van der Waals surface area (Å²) in [6.07, 6.45) is 4.42. The van der Waals surface area contributed by atoms with E-state index in [2.05, 4.69) is 4.98 Å². The van der Waals surface area contributed by atoms with E-state index >= 15 is 0 Å². The quantitative estimate of drug-likeness (QED) is 0.566. The zero-order valence-corrected chi connectivity index (χ0v) is 18.7. The predicted octanol–water partition coefficient (Wildman–Crippen LogP) is 1.98. The number of amides is 1. The summed E-state index contributed by atoms with van der Waals surface area (Å²) in [4.78, 5) is 44.7. The summed E-state index contributed by atoms with van der Waals surface area (Å²) in [5.74, 6) is 0.346. The Morgan fingerprint density at radius 1 is 1.00 bits per heavy atom. The van der Waals surface area contributed by atoms with Crippen molar-refractivity contribution >= 4 is 28.8 Å². The summed E-state index contributed by atoms with van der Waals surface area (Å²) in [6, 6.07) is 9.79. The Hall–Kier alpha value is -2.81. The molecule has 1 fully saturated rings. The molecule has 1 aliphatic heterocycles. The van der Waals surface area contributed by atoms with Gasteiger partial charge in [-0.1, -0.05) is 54.9 Å². The lowest BCUT2D eigenvalue weighted by molar-refractivity contribution is -0.128. The van der Waals surface area contributed by atoms with Gasteiger partial charge in [0.2, 0.25) is 5.91 Å². The highest BCUT2D eigenvalue weighted by Crippen LogP contribution is 2.24. The third kappa shape index (κ3) is 4.32. The fraction of sp³-hybridized carbons (Fsp3) is 0.455. The SMILES string of the molecule is Cn1c(=O)c2c(nc(SCC(=O)N3CCCCCC3)n2Cc2ccccc2)n(C)c1=O. The first kappa shape index (κ1) is 21.4. The van der Waals surface area contributed by atoms with Crippen LogP contribution in [0, 0.1) is 0 Å². The number of carbonyl (C=O) groups excluding carboxylic acids is 1. The highest BCUT2D eigenvalue weighted by Gasteiger charge is 2.22. The average molecular weight is 442 g/mol. The van der Waals surface area contributed by atoms with Gasteiger partial charge in [-0.05, 0) is 18.4 Å². The van der Waals surface area contributed by atoms with E-state index in [1.807, 2.05) is 39.8 Å². The second-order valence-electron chi connectivity index (χ2n) is 7.93. The maximum Gasteiger partial charge on any atom is 0.332 e. The molecule has 0 unspecified atom stereocenters. The number of aryl methyl sites for hydroxylation is 1. The van der Waals surface area contributed by atoms with Crippen LogP contribution in [0.15, 0.2) is 45.1 Å². The summed E-state index contributed by atoms with van der Waals surface area (Å²) in [5.41, 5.74) is 0.927. The molecule has 8 nitrogen and oxygen atoms in total. The van der Waals surface area contributed by atoms with E-state index in [1.165, 1.54) is 36.2 Å². The van der Waals surface area contributed by atoms with E-state index in [0.717, 1.165) is 36.1 Å². The lowest BCUT2D eigenvalue weighted by Crippen LogP contribution is -2.37. The summed E-state index contributed by atoms with van der Waals surface area (Å²) in [5, 5.41) is 0.570. The molecule has 2 aromatic heterocycles. The molecule has 4 rings (SSSR count). The van der Waals surface area contributed by atoms with Crippen LogP contribution in [0.25, 0.3) is 11.2 Å². The third-order valence-corrected chi connectivity index (χ3v) is 6.74. The minimum atomic E-state index is -0.418. The summed E-state index contributed by atoms with van der Waals surface area (Å²) in [7, 11) is 3.08. The maximum atomic E-state index is 13.0. The second kappa shape index (κ2) is 9.13. The molecule has 0 N–H and O–H groups in total. The summed E-state index contributed by atoms with van der Waals surface area (Å²) < 4.78 is 4.31. The first-order chi connectivity index (χ1) is 15.0. The minimum absolute atomic E-state index is 0.0898. The molecule has 0 bridgehead atoms. The van der Waals surface area contributed by atoms with Gasteiger partial charge in [0.1, 0.15) is 0 Å². The molecule has 31 heavy (non-hydrogen) atoms. The number of likely N-dealkylation sites (tertiary alicyclic amines) is 1. The molecule has 0 atom stereocenters. The molecule has 1 saturated heterocycles. The van der Waals surface area contributed by atoms with Crippen LogP contribution in [0.1, 0.15) is 31.2 Å². The van der Waals surface area contributed by atoms with Gasteiger partial charge in [-0.25, -0.2) is 9.78 Å². The largest absolute Gasteiger partial charge is 0.342 e. The molecule has 0 aliphatic carbocycles. The van der Waals surface area contributed by atoms with Crippen molar-refractivity contribution in [1.29, 1.82) is 0 Å². The Bertz CT molecular complexity index is 1200. The normalized spacial score (nSPS) is 14.7. The number of hydrogen-bond donors (Lipinski definition) is 0. The molecule has 0 spiro atoms. The van der Waals surface area contributed by atoms with Crippen molar-refractivity contribution in [3.05, 3.63) is 56.7 Å². The van der Waals surface area contributed by atoms with Crippen molar-refractivity contribution in [2.45, 2.75) is 37.4 Å². The zero-order chi connectivity index (χ0) is 22.0. The van der Waals surface area contributed by atoms with Crippen molar-refractivity contribution in [3.63, 3.8) is 0 Å². The van der Waals surface area contributed by atoms with E-state index in [4.69, 9.17) is 0 Å². The monoisotopic (exact) mass is 441 g/mol. The Kier molecular flexibility index (Phi) is 6.31. The molecule has 1 aliphatic rings. The first-order valence-corrected chi connectivity index (χ1v) is 11.6. The van der Waals surface area contributed by atoms with Crippen LogP contribution < -0.4 is 11.2 Å². The first-order valence-electron chi connectivity index (χ1n) is 10.6. The second-order valence-corrected chi connectivity index (χ2v) is 8.87. The van der Waals surface area contributed by atoms with E-state index < -0.39 is 5.69 Å². The fourth-order valence-corrected chi connectivity index (χ4v) is 4.88. The molecule has 3 aromatic rings. The van der Waals surface area contributed by atoms with Crippen molar-refractivity contribution in [3.8, 4) is 0 Å². The highest BCUT2D eigenvalue weighted by atomic mass is 32.2. The van der Waals surface area contributed by atoms with Gasteiger partial charge < -0.3 is 9.47 Å². The molecular formula is C22H27N5O3S. The Morgan fingerprint density at radius 3 is 2.35 bits per heavy atom. The number of aromatic nitrogens is 4. The number of thioether (sulfide) groups is 1. The lowest BCUT2D eigenvalue weighted by atomic mass is 10.2. The van der Waals surface area contributed by atoms with Crippen LogP contribution in [0.2, 0.25) is 0 Å². The van der Waals surface area contributed by atoms with Crippen LogP contribution in [0.4, 0.5) is 0 Å². The molecule has 164 valence electrons. The Morgan fingerprint density at radius 2 is 1.68 bits per heavy atom. The molecule has 0 saturated carbocycles. The topological polar surface area (TPSA) is 82.1 Å². The maximum absolute atomic E-state index is 13.0. The van der Waals surface area contributed by atoms with Gasteiger partial charge in [0, 0.05) is 27.2 Å². The van der Waals surface area contributed by atoms with Gasteiger partial charge in [0.15, 0.2) is 16.3 Å². The number of fused-ring (bicyclic) bond motifs is 1. The van der Waals surface area contributed by atoms with E-state index in [0.29, 0.717) is 22.9 Å². The van der Waals surface area contributed by atoms with Crippen molar-refractivity contribution in [2.24, 2.45) is 14.1 Å². The van der Waals surface area contributed by atoms with Crippen LogP contribution in [-0.2, 0) is 25.4 Å². The number of nitrogens with zero attached hydrogens (tertiary/aromatic N) is 5. The highest BCUT2D eigenvalue weighted by molar-refractivity contribution is 7.99. The molecular weight excluding hydrogens is 414 g/mol. The number of imidazole rings is 1. The van der Waals surface area contributed by atoms with Crippen LogP contribution in [-0.4, -0.2) is 48.3 Å².